The molecule has 0 atom stereocenters. The van der Waals surface area contributed by atoms with Gasteiger partial charge in [0.05, 0.1) is 17.7 Å². The molecule has 0 aliphatic heterocycles. The van der Waals surface area contributed by atoms with E-state index >= 15 is 0 Å². The lowest BCUT2D eigenvalue weighted by atomic mass is 10.1. The lowest BCUT2D eigenvalue weighted by Crippen LogP contribution is -2.27. The van der Waals surface area contributed by atoms with Gasteiger partial charge in [-0.1, -0.05) is 12.1 Å². The Morgan fingerprint density at radius 3 is 2.62 bits per heavy atom. The Kier molecular flexibility index (Phi) is 4.57. The minimum absolute atomic E-state index is 0.0411. The topological polar surface area (TPSA) is 69.5 Å². The molecule has 1 aromatic heterocycles. The highest BCUT2D eigenvalue weighted by atomic mass is 19.1. The molecule has 0 bridgehead atoms. The van der Waals surface area contributed by atoms with E-state index < -0.39 is 0 Å². The highest BCUT2D eigenvalue weighted by Gasteiger charge is 2.16. The molecule has 2 aromatic carbocycles. The summed E-state index contributed by atoms with van der Waals surface area (Å²) < 4.78 is 13.7. The van der Waals surface area contributed by atoms with Crippen LogP contribution in [0.25, 0.3) is 22.3 Å². The minimum Gasteiger partial charge on any atom is -0.507 e. The van der Waals surface area contributed by atoms with Gasteiger partial charge in [-0.2, -0.15) is 0 Å². The molecule has 0 aliphatic rings. The number of hydrogen-bond donors (Lipinski definition) is 2. The molecule has 3 rings (SSSR count). The lowest BCUT2D eigenvalue weighted by Gasteiger charge is -2.23. The van der Waals surface area contributed by atoms with Gasteiger partial charge in [-0.25, -0.2) is 14.4 Å². The molecule has 24 heavy (non-hydrogen) atoms. The van der Waals surface area contributed by atoms with Crippen molar-refractivity contribution in [2.75, 3.05) is 24.6 Å². The van der Waals surface area contributed by atoms with Crippen LogP contribution in [0.15, 0.2) is 42.5 Å². The zero-order valence-electron chi connectivity index (χ0n) is 13.3. The summed E-state index contributed by atoms with van der Waals surface area (Å²) in [6.45, 7) is 2.87. The predicted octanol–water partition coefficient (Wildman–Crippen LogP) is 2.96. The summed E-state index contributed by atoms with van der Waals surface area (Å²) in [4.78, 5) is 10.9. The minimum atomic E-state index is -0.372. The number of aliphatic hydroxyl groups excluding tert-OH is 1. The van der Waals surface area contributed by atoms with Crippen LogP contribution >= 0.6 is 0 Å². The third-order valence-electron chi connectivity index (χ3n) is 3.83. The van der Waals surface area contributed by atoms with E-state index in [-0.39, 0.29) is 18.2 Å². The predicted molar refractivity (Wildman–Crippen MR) is 91.6 cm³/mol. The molecule has 124 valence electrons. The fourth-order valence-electron chi connectivity index (χ4n) is 2.64. The van der Waals surface area contributed by atoms with E-state index in [1.54, 1.807) is 30.3 Å². The van der Waals surface area contributed by atoms with Crippen LogP contribution in [-0.2, 0) is 0 Å². The van der Waals surface area contributed by atoms with Gasteiger partial charge in [-0.05, 0) is 37.3 Å². The van der Waals surface area contributed by atoms with E-state index in [4.69, 9.17) is 0 Å². The van der Waals surface area contributed by atoms with E-state index in [2.05, 4.69) is 9.97 Å². The van der Waals surface area contributed by atoms with Crippen LogP contribution in [0.4, 0.5) is 10.2 Å². The van der Waals surface area contributed by atoms with Gasteiger partial charge in [0.1, 0.15) is 17.4 Å². The normalized spacial score (nSPS) is 11.0. The molecular formula is C18H18FN3O2. The number of likely N-dealkylation sites (N-methyl/N-ethyl adjacent to an activating group) is 1. The van der Waals surface area contributed by atoms with Crippen molar-refractivity contribution in [2.45, 2.75) is 6.92 Å². The van der Waals surface area contributed by atoms with E-state index in [9.17, 15) is 14.6 Å². The average molecular weight is 327 g/mol. The van der Waals surface area contributed by atoms with Crippen LogP contribution < -0.4 is 4.90 Å². The summed E-state index contributed by atoms with van der Waals surface area (Å²) in [6, 6.07) is 11.1. The maximum absolute atomic E-state index is 13.7. The second-order valence-electron chi connectivity index (χ2n) is 5.35. The lowest BCUT2D eigenvalue weighted by molar-refractivity contribution is 0.302. The summed E-state index contributed by atoms with van der Waals surface area (Å²) in [5.41, 5.74) is 1.08. The molecule has 0 radical (unpaired) electrons. The van der Waals surface area contributed by atoms with Gasteiger partial charge >= 0.3 is 0 Å². The third kappa shape index (κ3) is 3.00. The van der Waals surface area contributed by atoms with Crippen molar-refractivity contribution >= 4 is 16.7 Å². The highest BCUT2D eigenvalue weighted by molar-refractivity contribution is 5.91. The monoisotopic (exact) mass is 327 g/mol. The second-order valence-corrected chi connectivity index (χ2v) is 5.35. The van der Waals surface area contributed by atoms with Gasteiger partial charge in [0.2, 0.25) is 0 Å². The van der Waals surface area contributed by atoms with Crippen molar-refractivity contribution in [1.29, 1.82) is 0 Å². The van der Waals surface area contributed by atoms with Crippen LogP contribution in [0.3, 0.4) is 0 Å². The van der Waals surface area contributed by atoms with Crippen LogP contribution in [0.1, 0.15) is 6.92 Å². The van der Waals surface area contributed by atoms with Crippen LogP contribution in [-0.4, -0.2) is 39.9 Å². The Labute approximate surface area is 139 Å². The molecule has 6 heteroatoms. The zero-order valence-corrected chi connectivity index (χ0v) is 13.3. The summed E-state index contributed by atoms with van der Waals surface area (Å²) in [7, 11) is 0. The largest absolute Gasteiger partial charge is 0.507 e. The van der Waals surface area contributed by atoms with Crippen LogP contribution in [0.2, 0.25) is 0 Å². The van der Waals surface area contributed by atoms with Gasteiger partial charge in [0.25, 0.3) is 0 Å². The number of fused-ring (bicyclic) bond motifs is 1. The number of phenolic OH excluding ortho intramolecular Hbond substituents is 1. The quantitative estimate of drug-likeness (QED) is 0.754. The number of aromatic nitrogens is 2. The number of anilines is 1. The molecule has 2 N–H and O–H groups in total. The highest BCUT2D eigenvalue weighted by Crippen LogP contribution is 2.31. The number of aromatic hydroxyl groups is 1. The number of rotatable bonds is 5. The average Bonchev–Trinajstić information content (AvgIpc) is 2.59. The molecule has 0 aliphatic carbocycles. The van der Waals surface area contributed by atoms with E-state index in [1.165, 1.54) is 12.1 Å². The molecule has 0 saturated heterocycles. The fourth-order valence-corrected chi connectivity index (χ4v) is 2.64. The van der Waals surface area contributed by atoms with Crippen molar-refractivity contribution in [1.82, 2.24) is 9.97 Å². The number of hydrogen-bond acceptors (Lipinski definition) is 5. The third-order valence-corrected chi connectivity index (χ3v) is 3.83. The molecule has 0 spiro atoms. The molecule has 0 fully saturated rings. The van der Waals surface area contributed by atoms with Gasteiger partial charge in [0, 0.05) is 18.5 Å². The standard InChI is InChI=1S/C18H18FN3O2/c1-2-22(9-10-23)18-14-11-12(19)7-8-15(14)20-17(21-18)13-5-3-4-6-16(13)24/h3-8,11,23-24H,2,9-10H2,1H3. The van der Waals surface area contributed by atoms with Crippen molar-refractivity contribution in [3.8, 4) is 17.1 Å². The molecule has 0 amide bonds. The first-order chi connectivity index (χ1) is 11.6. The van der Waals surface area contributed by atoms with E-state index in [0.29, 0.717) is 41.2 Å². The molecule has 3 aromatic rings. The van der Waals surface area contributed by atoms with Crippen LogP contribution in [0, 0.1) is 5.82 Å². The van der Waals surface area contributed by atoms with Crippen molar-refractivity contribution in [2.24, 2.45) is 0 Å². The van der Waals surface area contributed by atoms with Crippen molar-refractivity contribution in [3.05, 3.63) is 48.3 Å². The number of nitrogens with zero attached hydrogens (tertiary/aromatic N) is 3. The Morgan fingerprint density at radius 1 is 1.12 bits per heavy atom. The van der Waals surface area contributed by atoms with E-state index in [0.717, 1.165) is 0 Å². The zero-order chi connectivity index (χ0) is 17.1. The number of halogens is 1. The molecule has 0 unspecified atom stereocenters. The number of benzene rings is 2. The first-order valence-electron chi connectivity index (χ1n) is 7.75. The Morgan fingerprint density at radius 2 is 1.92 bits per heavy atom. The summed E-state index contributed by atoms with van der Waals surface area (Å²) in [5, 5.41) is 19.9. The summed E-state index contributed by atoms with van der Waals surface area (Å²) in [5.74, 6) is 0.603. The second kappa shape index (κ2) is 6.80. The smallest absolute Gasteiger partial charge is 0.165 e. The summed E-state index contributed by atoms with van der Waals surface area (Å²) >= 11 is 0. The van der Waals surface area contributed by atoms with Crippen molar-refractivity contribution in [3.63, 3.8) is 0 Å². The van der Waals surface area contributed by atoms with Gasteiger partial charge in [-0.3, -0.25) is 0 Å². The maximum atomic E-state index is 13.7. The van der Waals surface area contributed by atoms with Crippen molar-refractivity contribution < 1.29 is 14.6 Å². The maximum Gasteiger partial charge on any atom is 0.165 e. The van der Waals surface area contributed by atoms with Gasteiger partial charge < -0.3 is 15.1 Å². The van der Waals surface area contributed by atoms with Crippen LogP contribution in [0.5, 0.6) is 5.75 Å². The Balaban J connectivity index is 2.26. The summed E-state index contributed by atoms with van der Waals surface area (Å²) in [6.07, 6.45) is 0. The number of aliphatic hydroxyl groups is 1. The first-order valence-corrected chi connectivity index (χ1v) is 7.75. The van der Waals surface area contributed by atoms with Gasteiger partial charge in [0.15, 0.2) is 5.82 Å². The number of phenols is 1. The first kappa shape index (κ1) is 16.1. The molecule has 1 heterocycles. The molecule has 0 saturated carbocycles. The molecule has 5 nitrogen and oxygen atoms in total. The fraction of sp³-hybridized carbons (Fsp3) is 0.222. The van der Waals surface area contributed by atoms with Gasteiger partial charge in [-0.15, -0.1) is 0 Å². The number of para-hydroxylation sites is 1. The Hall–Kier alpha value is -2.73. The van der Waals surface area contributed by atoms with E-state index in [1.807, 2.05) is 11.8 Å². The SMILES string of the molecule is CCN(CCO)c1nc(-c2ccccc2O)nc2ccc(F)cc12. The Bertz CT molecular complexity index is 870. The molecular weight excluding hydrogens is 309 g/mol.